The predicted octanol–water partition coefficient (Wildman–Crippen LogP) is 2.53. The highest BCUT2D eigenvalue weighted by atomic mass is 79.9. The van der Waals surface area contributed by atoms with Crippen LogP contribution in [0.3, 0.4) is 0 Å². The van der Waals surface area contributed by atoms with Crippen LogP contribution in [0, 0.1) is 0 Å². The number of anilines is 1. The van der Waals surface area contributed by atoms with E-state index in [0.29, 0.717) is 16.7 Å². The van der Waals surface area contributed by atoms with E-state index in [1.165, 1.54) is 0 Å². The first-order chi connectivity index (χ1) is 10.9. The number of sulfonamides is 1. The van der Waals surface area contributed by atoms with Crippen LogP contribution in [-0.4, -0.2) is 27.1 Å². The number of halogens is 1. The molecule has 0 atom stereocenters. The predicted molar refractivity (Wildman–Crippen MR) is 94.6 cm³/mol. The van der Waals surface area contributed by atoms with E-state index < -0.39 is 10.0 Å². The molecule has 1 amide bonds. The normalized spacial score (nSPS) is 11.0. The molecule has 0 aliphatic carbocycles. The van der Waals surface area contributed by atoms with E-state index in [1.54, 1.807) is 24.3 Å². The fourth-order valence-corrected chi connectivity index (χ4v) is 3.50. The van der Waals surface area contributed by atoms with E-state index in [1.807, 2.05) is 30.3 Å². The second-order valence-electron chi connectivity index (χ2n) is 4.98. The smallest absolute Gasteiger partial charge is 0.241 e. The Morgan fingerprint density at radius 1 is 1.09 bits per heavy atom. The first-order valence-electron chi connectivity index (χ1n) is 6.91. The molecule has 0 saturated carbocycles. The number of para-hydroxylation sites is 1. The molecule has 2 aromatic rings. The number of nitrogens with one attached hydrogen (secondary N) is 1. The Morgan fingerprint density at radius 3 is 2.30 bits per heavy atom. The number of carbonyl (C=O) groups excluding carboxylic acids is 1. The SMILES string of the molecule is CS(=O)(=O)N(CC(=O)NCc1ccccc1)c1ccccc1Br. The minimum absolute atomic E-state index is 0.270. The highest BCUT2D eigenvalue weighted by molar-refractivity contribution is 9.10. The Morgan fingerprint density at radius 2 is 1.70 bits per heavy atom. The van der Waals surface area contributed by atoms with Crippen molar-refractivity contribution in [1.29, 1.82) is 0 Å². The van der Waals surface area contributed by atoms with E-state index in [4.69, 9.17) is 0 Å². The van der Waals surface area contributed by atoms with Gasteiger partial charge in [-0.05, 0) is 33.6 Å². The molecule has 0 aliphatic heterocycles. The standard InChI is InChI=1S/C16H17BrN2O3S/c1-23(21,22)19(15-10-6-5-9-14(15)17)12-16(20)18-11-13-7-3-2-4-8-13/h2-10H,11-12H2,1H3,(H,18,20). The lowest BCUT2D eigenvalue weighted by atomic mass is 10.2. The van der Waals surface area contributed by atoms with E-state index >= 15 is 0 Å². The number of nitrogens with zero attached hydrogens (tertiary/aromatic N) is 1. The summed E-state index contributed by atoms with van der Waals surface area (Å²) < 4.78 is 25.7. The lowest BCUT2D eigenvalue weighted by Crippen LogP contribution is -2.40. The maximum Gasteiger partial charge on any atom is 0.241 e. The van der Waals surface area contributed by atoms with Crippen molar-refractivity contribution >= 4 is 37.5 Å². The molecule has 0 bridgehead atoms. The average Bonchev–Trinajstić information content (AvgIpc) is 2.51. The van der Waals surface area contributed by atoms with Crippen LogP contribution in [0.15, 0.2) is 59.1 Å². The van der Waals surface area contributed by atoms with Gasteiger partial charge in [-0.15, -0.1) is 0 Å². The number of carbonyl (C=O) groups is 1. The van der Waals surface area contributed by atoms with Gasteiger partial charge in [-0.25, -0.2) is 8.42 Å². The molecule has 0 spiro atoms. The lowest BCUT2D eigenvalue weighted by molar-refractivity contribution is -0.119. The monoisotopic (exact) mass is 396 g/mol. The Labute approximate surface area is 144 Å². The van der Waals surface area contributed by atoms with Crippen LogP contribution in [0.1, 0.15) is 5.56 Å². The third-order valence-electron chi connectivity index (χ3n) is 3.14. The van der Waals surface area contributed by atoms with Gasteiger partial charge in [0.1, 0.15) is 6.54 Å². The summed E-state index contributed by atoms with van der Waals surface area (Å²) in [6.45, 7) is 0.0848. The van der Waals surface area contributed by atoms with Crippen LogP contribution in [0.25, 0.3) is 0 Å². The van der Waals surface area contributed by atoms with Crippen molar-refractivity contribution < 1.29 is 13.2 Å². The van der Waals surface area contributed by atoms with E-state index in [-0.39, 0.29) is 12.5 Å². The van der Waals surface area contributed by atoms with Gasteiger partial charge in [0.2, 0.25) is 15.9 Å². The summed E-state index contributed by atoms with van der Waals surface area (Å²) in [5, 5.41) is 2.73. The molecule has 2 rings (SSSR count). The molecule has 0 fully saturated rings. The average molecular weight is 397 g/mol. The van der Waals surface area contributed by atoms with Gasteiger partial charge in [-0.2, -0.15) is 0 Å². The maximum absolute atomic E-state index is 12.1. The van der Waals surface area contributed by atoms with Crippen LogP contribution >= 0.6 is 15.9 Å². The summed E-state index contributed by atoms with van der Waals surface area (Å²) >= 11 is 3.32. The number of rotatable bonds is 6. The van der Waals surface area contributed by atoms with Crippen LogP contribution in [-0.2, 0) is 21.4 Å². The molecular formula is C16H17BrN2O3S. The first kappa shape index (κ1) is 17.5. The maximum atomic E-state index is 12.1. The number of hydrogen-bond acceptors (Lipinski definition) is 3. The molecule has 0 radical (unpaired) electrons. The van der Waals surface area contributed by atoms with Gasteiger partial charge >= 0.3 is 0 Å². The van der Waals surface area contributed by atoms with E-state index in [9.17, 15) is 13.2 Å². The van der Waals surface area contributed by atoms with Gasteiger partial charge in [-0.1, -0.05) is 42.5 Å². The van der Waals surface area contributed by atoms with Gasteiger partial charge in [0, 0.05) is 11.0 Å². The molecule has 5 nitrogen and oxygen atoms in total. The summed E-state index contributed by atoms with van der Waals surface area (Å²) in [5.41, 5.74) is 1.39. The molecule has 0 saturated heterocycles. The summed E-state index contributed by atoms with van der Waals surface area (Å²) in [6, 6.07) is 16.3. The molecule has 0 unspecified atom stereocenters. The zero-order valence-corrected chi connectivity index (χ0v) is 15.0. The molecule has 0 aliphatic rings. The fourth-order valence-electron chi connectivity index (χ4n) is 2.02. The molecule has 23 heavy (non-hydrogen) atoms. The van der Waals surface area contributed by atoms with Crippen LogP contribution in [0.2, 0.25) is 0 Å². The van der Waals surface area contributed by atoms with Crippen molar-refractivity contribution in [2.24, 2.45) is 0 Å². The van der Waals surface area contributed by atoms with Gasteiger partial charge in [0.25, 0.3) is 0 Å². The van der Waals surface area contributed by atoms with Gasteiger partial charge in [0.15, 0.2) is 0 Å². The first-order valence-corrected chi connectivity index (χ1v) is 9.55. The zero-order valence-electron chi connectivity index (χ0n) is 12.6. The summed E-state index contributed by atoms with van der Waals surface area (Å²) in [5.74, 6) is -0.366. The number of amides is 1. The molecule has 0 heterocycles. The topological polar surface area (TPSA) is 66.5 Å². The minimum Gasteiger partial charge on any atom is -0.350 e. The van der Waals surface area contributed by atoms with Gasteiger partial charge < -0.3 is 5.32 Å². The summed E-state index contributed by atoms with van der Waals surface area (Å²) in [4.78, 5) is 12.1. The third kappa shape index (κ3) is 5.07. The molecule has 0 aromatic heterocycles. The largest absolute Gasteiger partial charge is 0.350 e. The highest BCUT2D eigenvalue weighted by Gasteiger charge is 2.22. The number of hydrogen-bond donors (Lipinski definition) is 1. The summed E-state index contributed by atoms with van der Waals surface area (Å²) in [6.07, 6.45) is 1.08. The Balaban J connectivity index is 2.10. The van der Waals surface area contributed by atoms with Gasteiger partial charge in [-0.3, -0.25) is 9.10 Å². The van der Waals surface area contributed by atoms with Crippen LogP contribution < -0.4 is 9.62 Å². The number of benzene rings is 2. The van der Waals surface area contributed by atoms with Crippen molar-refractivity contribution in [2.45, 2.75) is 6.54 Å². The Kier molecular flexibility index (Phi) is 5.79. The van der Waals surface area contributed by atoms with E-state index in [2.05, 4.69) is 21.2 Å². The van der Waals surface area contributed by atoms with Crippen molar-refractivity contribution in [3.05, 3.63) is 64.6 Å². The zero-order chi connectivity index (χ0) is 16.9. The fraction of sp³-hybridized carbons (Fsp3) is 0.188. The van der Waals surface area contributed by atoms with Gasteiger partial charge in [0.05, 0.1) is 11.9 Å². The molecular weight excluding hydrogens is 380 g/mol. The lowest BCUT2D eigenvalue weighted by Gasteiger charge is -2.23. The Bertz CT molecular complexity index is 779. The second kappa shape index (κ2) is 7.61. The molecule has 122 valence electrons. The highest BCUT2D eigenvalue weighted by Crippen LogP contribution is 2.27. The summed E-state index contributed by atoms with van der Waals surface area (Å²) in [7, 11) is -3.58. The molecule has 2 aromatic carbocycles. The third-order valence-corrected chi connectivity index (χ3v) is 4.94. The quantitative estimate of drug-likeness (QED) is 0.815. The van der Waals surface area contributed by atoms with E-state index in [0.717, 1.165) is 16.1 Å². The van der Waals surface area contributed by atoms with Crippen LogP contribution in [0.4, 0.5) is 5.69 Å². The van der Waals surface area contributed by atoms with Crippen molar-refractivity contribution in [3.63, 3.8) is 0 Å². The molecule has 1 N–H and O–H groups in total. The van der Waals surface area contributed by atoms with Crippen molar-refractivity contribution in [2.75, 3.05) is 17.1 Å². The van der Waals surface area contributed by atoms with Crippen molar-refractivity contribution in [1.82, 2.24) is 5.32 Å². The van der Waals surface area contributed by atoms with Crippen molar-refractivity contribution in [3.8, 4) is 0 Å². The second-order valence-corrected chi connectivity index (χ2v) is 7.74. The molecule has 7 heteroatoms. The minimum atomic E-state index is -3.58. The van der Waals surface area contributed by atoms with Crippen LogP contribution in [0.5, 0.6) is 0 Å². The Hall–Kier alpha value is -1.86.